The van der Waals surface area contributed by atoms with Gasteiger partial charge in [0, 0.05) is 82.9 Å². The monoisotopic (exact) mass is 572 g/mol. The van der Waals surface area contributed by atoms with E-state index in [0.717, 1.165) is 82.9 Å². The van der Waals surface area contributed by atoms with E-state index in [4.69, 9.17) is 4.74 Å². The summed E-state index contributed by atoms with van der Waals surface area (Å²) in [7, 11) is 2.18. The number of benzene rings is 2. The number of likely N-dealkylation sites (tertiary alicyclic amines) is 1. The third-order valence-corrected chi connectivity index (χ3v) is 9.59. The topological polar surface area (TPSA) is 73.4 Å². The summed E-state index contributed by atoms with van der Waals surface area (Å²) in [5, 5.41) is 0. The number of fused-ring (bicyclic) bond motifs is 1. The van der Waals surface area contributed by atoms with E-state index in [2.05, 4.69) is 52.1 Å². The van der Waals surface area contributed by atoms with Crippen molar-refractivity contribution in [2.24, 2.45) is 0 Å². The van der Waals surface area contributed by atoms with Crippen LogP contribution < -0.4 is 4.90 Å². The molecule has 1 unspecified atom stereocenters. The van der Waals surface area contributed by atoms with Crippen LogP contribution in [0.1, 0.15) is 65.6 Å². The summed E-state index contributed by atoms with van der Waals surface area (Å²) in [6, 6.07) is 14.6. The van der Waals surface area contributed by atoms with Crippen molar-refractivity contribution in [1.82, 2.24) is 14.7 Å². The van der Waals surface area contributed by atoms with Crippen molar-refractivity contribution in [3.63, 3.8) is 0 Å². The standard InChI is InChI=1S/C34H44N4O4/c1-35-15-12-30(13-16-35)42-21-14-25-2-4-26(5-3-25)23-36-17-19-37(20-18-36)28-6-9-31-27(22-28)24-38(34(31)41)32-10-7-29(39)8-11-33(32)40/h2-6,9,22,30,32H,7-8,10-21,23-24H2,1H3. The second kappa shape index (κ2) is 13.1. The molecule has 6 rings (SSSR count). The number of amides is 1. The number of ketones is 2. The van der Waals surface area contributed by atoms with Crippen molar-refractivity contribution in [2.75, 3.05) is 57.8 Å². The second-order valence-corrected chi connectivity index (χ2v) is 12.5. The molecule has 1 amide bonds. The molecular formula is C34H44N4O4. The summed E-state index contributed by atoms with van der Waals surface area (Å²) in [6.07, 6.45) is 5.03. The van der Waals surface area contributed by atoms with Gasteiger partial charge in [-0.25, -0.2) is 0 Å². The number of hydrogen-bond acceptors (Lipinski definition) is 7. The molecule has 0 N–H and O–H groups in total. The zero-order chi connectivity index (χ0) is 29.1. The van der Waals surface area contributed by atoms with Crippen LogP contribution in [0.2, 0.25) is 0 Å². The maximum absolute atomic E-state index is 13.1. The van der Waals surface area contributed by atoms with Crippen molar-refractivity contribution < 1.29 is 19.1 Å². The first-order chi connectivity index (χ1) is 20.4. The van der Waals surface area contributed by atoms with Crippen LogP contribution in [0.25, 0.3) is 0 Å². The number of anilines is 1. The number of carbonyl (C=O) groups is 3. The Hall–Kier alpha value is -3.07. The van der Waals surface area contributed by atoms with Gasteiger partial charge < -0.3 is 19.4 Å². The van der Waals surface area contributed by atoms with Crippen molar-refractivity contribution >= 4 is 23.2 Å². The van der Waals surface area contributed by atoms with Gasteiger partial charge in [0.25, 0.3) is 5.91 Å². The predicted molar refractivity (Wildman–Crippen MR) is 163 cm³/mol. The van der Waals surface area contributed by atoms with Crippen molar-refractivity contribution in [2.45, 2.75) is 70.2 Å². The molecule has 0 radical (unpaired) electrons. The molecule has 1 saturated carbocycles. The first-order valence-electron chi connectivity index (χ1n) is 15.8. The summed E-state index contributed by atoms with van der Waals surface area (Å²) in [5.74, 6) is 0.0621. The number of ether oxygens (including phenoxy) is 1. The smallest absolute Gasteiger partial charge is 0.255 e. The number of Topliss-reactive ketones (excluding diaryl/α,β-unsaturated/α-hetero) is 2. The van der Waals surface area contributed by atoms with Gasteiger partial charge >= 0.3 is 0 Å². The molecule has 3 fully saturated rings. The Morgan fingerprint density at radius 2 is 1.55 bits per heavy atom. The van der Waals surface area contributed by atoms with Crippen LogP contribution in [0.3, 0.4) is 0 Å². The number of rotatable bonds is 8. The van der Waals surface area contributed by atoms with Crippen molar-refractivity contribution in [3.05, 3.63) is 64.7 Å². The van der Waals surface area contributed by atoms with E-state index < -0.39 is 6.04 Å². The van der Waals surface area contributed by atoms with Crippen LogP contribution in [-0.2, 0) is 33.8 Å². The minimum atomic E-state index is -0.477. The Kier molecular flexibility index (Phi) is 9.03. The van der Waals surface area contributed by atoms with Gasteiger partial charge in [-0.1, -0.05) is 24.3 Å². The van der Waals surface area contributed by atoms with Gasteiger partial charge in [0.15, 0.2) is 5.78 Å². The van der Waals surface area contributed by atoms with Crippen molar-refractivity contribution in [1.29, 1.82) is 0 Å². The molecular weight excluding hydrogens is 528 g/mol. The van der Waals surface area contributed by atoms with E-state index in [1.165, 1.54) is 11.1 Å². The molecule has 2 aromatic carbocycles. The Morgan fingerprint density at radius 3 is 2.31 bits per heavy atom. The number of carbonyl (C=O) groups excluding carboxylic acids is 3. The third kappa shape index (κ3) is 6.77. The molecule has 0 bridgehead atoms. The number of piperazine rings is 1. The third-order valence-electron chi connectivity index (χ3n) is 9.59. The van der Waals surface area contributed by atoms with E-state index in [1.54, 1.807) is 4.90 Å². The molecule has 2 aromatic rings. The lowest BCUT2D eigenvalue weighted by molar-refractivity contribution is -0.124. The summed E-state index contributed by atoms with van der Waals surface area (Å²) in [6.45, 7) is 8.31. The largest absolute Gasteiger partial charge is 0.378 e. The van der Waals surface area contributed by atoms with E-state index in [0.29, 0.717) is 37.5 Å². The lowest BCUT2D eigenvalue weighted by Gasteiger charge is -2.36. The molecule has 224 valence electrons. The fourth-order valence-corrected chi connectivity index (χ4v) is 6.85. The minimum Gasteiger partial charge on any atom is -0.378 e. The van der Waals surface area contributed by atoms with Crippen LogP contribution in [0, 0.1) is 0 Å². The molecule has 0 aromatic heterocycles. The molecule has 4 aliphatic rings. The van der Waals surface area contributed by atoms with Crippen LogP contribution in [0.5, 0.6) is 0 Å². The average Bonchev–Trinajstić information content (AvgIpc) is 3.23. The van der Waals surface area contributed by atoms with Gasteiger partial charge in [-0.2, -0.15) is 0 Å². The number of piperidine rings is 1. The zero-order valence-corrected chi connectivity index (χ0v) is 24.9. The number of hydrogen-bond donors (Lipinski definition) is 0. The highest BCUT2D eigenvalue weighted by molar-refractivity contribution is 6.02. The van der Waals surface area contributed by atoms with Crippen LogP contribution >= 0.6 is 0 Å². The highest BCUT2D eigenvalue weighted by Crippen LogP contribution is 2.32. The van der Waals surface area contributed by atoms with Crippen LogP contribution in [0.4, 0.5) is 5.69 Å². The van der Waals surface area contributed by atoms with E-state index in [9.17, 15) is 14.4 Å². The first-order valence-corrected chi connectivity index (χ1v) is 15.8. The molecule has 2 saturated heterocycles. The minimum absolute atomic E-state index is 0.0185. The molecule has 42 heavy (non-hydrogen) atoms. The second-order valence-electron chi connectivity index (χ2n) is 12.5. The highest BCUT2D eigenvalue weighted by atomic mass is 16.5. The Labute approximate surface area is 249 Å². The zero-order valence-electron chi connectivity index (χ0n) is 24.9. The van der Waals surface area contributed by atoms with Gasteiger partial charge in [-0.15, -0.1) is 0 Å². The molecule has 1 aliphatic carbocycles. The first kappa shape index (κ1) is 29.0. The molecule has 1 atom stereocenters. The quantitative estimate of drug-likeness (QED) is 0.447. The number of nitrogens with zero attached hydrogens (tertiary/aromatic N) is 4. The van der Waals surface area contributed by atoms with Gasteiger partial charge in [-0.3, -0.25) is 19.3 Å². The summed E-state index contributed by atoms with van der Waals surface area (Å²) >= 11 is 0. The highest BCUT2D eigenvalue weighted by Gasteiger charge is 2.37. The van der Waals surface area contributed by atoms with Gasteiger partial charge in [0.05, 0.1) is 18.8 Å². The summed E-state index contributed by atoms with van der Waals surface area (Å²) < 4.78 is 6.13. The molecule has 8 nitrogen and oxygen atoms in total. The normalized spacial score (nSPS) is 23.0. The van der Waals surface area contributed by atoms with Crippen LogP contribution in [0.15, 0.2) is 42.5 Å². The molecule has 8 heteroatoms. The maximum atomic E-state index is 13.1. The average molecular weight is 573 g/mol. The van der Waals surface area contributed by atoms with Crippen molar-refractivity contribution in [3.8, 4) is 0 Å². The van der Waals surface area contributed by atoms with E-state index in [1.807, 2.05) is 12.1 Å². The fraction of sp³-hybridized carbons (Fsp3) is 0.559. The summed E-state index contributed by atoms with van der Waals surface area (Å²) in [5.41, 5.74) is 5.49. The maximum Gasteiger partial charge on any atom is 0.255 e. The van der Waals surface area contributed by atoms with Gasteiger partial charge in [-0.05, 0) is 67.6 Å². The lowest BCUT2D eigenvalue weighted by atomic mass is 10.1. The molecule has 3 heterocycles. The Bertz CT molecular complexity index is 1280. The Balaban J connectivity index is 0.968. The van der Waals surface area contributed by atoms with E-state index in [-0.39, 0.29) is 23.9 Å². The van der Waals surface area contributed by atoms with Gasteiger partial charge in [0.1, 0.15) is 5.78 Å². The van der Waals surface area contributed by atoms with Crippen LogP contribution in [-0.4, -0.2) is 97.2 Å². The molecule has 0 spiro atoms. The molecule has 3 aliphatic heterocycles. The van der Waals surface area contributed by atoms with Gasteiger partial charge in [0.2, 0.25) is 0 Å². The Morgan fingerprint density at radius 1 is 0.810 bits per heavy atom. The SMILES string of the molecule is CN1CCC(OCCc2ccc(CN3CCN(c4ccc5c(c4)CN(C4CCC(=O)CCC4=O)C5=O)CC3)cc2)CC1. The van der Waals surface area contributed by atoms with E-state index >= 15 is 0 Å². The predicted octanol–water partition coefficient (Wildman–Crippen LogP) is 3.70. The fourth-order valence-electron chi connectivity index (χ4n) is 6.85. The lowest BCUT2D eigenvalue weighted by Crippen LogP contribution is -2.46. The summed E-state index contributed by atoms with van der Waals surface area (Å²) in [4.78, 5) is 46.7.